The van der Waals surface area contributed by atoms with Crippen LogP contribution in [0.2, 0.25) is 0 Å². The van der Waals surface area contributed by atoms with Crippen LogP contribution in [0.1, 0.15) is 11.1 Å². The summed E-state index contributed by atoms with van der Waals surface area (Å²) in [6, 6.07) is 11.7. The zero-order chi connectivity index (χ0) is 15.4. The summed E-state index contributed by atoms with van der Waals surface area (Å²) in [6.45, 7) is 3.97. The van der Waals surface area contributed by atoms with Gasteiger partial charge >= 0.3 is 0 Å². The number of nitrogens with one attached hydrogen (secondary N) is 1. The maximum absolute atomic E-state index is 12.0. The van der Waals surface area contributed by atoms with E-state index in [1.165, 1.54) is 11.8 Å². The molecule has 0 aromatic heterocycles. The van der Waals surface area contributed by atoms with Crippen molar-refractivity contribution in [1.29, 1.82) is 0 Å². The number of halogens is 1. The molecule has 0 spiro atoms. The highest BCUT2D eigenvalue weighted by Gasteiger charge is 2.08. The predicted molar refractivity (Wildman–Crippen MR) is 93.8 cm³/mol. The van der Waals surface area contributed by atoms with Gasteiger partial charge in [0.25, 0.3) is 0 Å². The van der Waals surface area contributed by atoms with E-state index in [1.807, 2.05) is 50.2 Å². The molecule has 110 valence electrons. The third-order valence-corrected chi connectivity index (χ3v) is 4.77. The summed E-state index contributed by atoms with van der Waals surface area (Å²) >= 11 is 4.90. The lowest BCUT2D eigenvalue weighted by Gasteiger charge is -2.10. The van der Waals surface area contributed by atoms with E-state index in [1.54, 1.807) is 0 Å². The second-order valence-corrected chi connectivity index (χ2v) is 6.68. The first-order valence-electron chi connectivity index (χ1n) is 6.51. The molecule has 0 aliphatic carbocycles. The van der Waals surface area contributed by atoms with Crippen molar-refractivity contribution in [3.8, 4) is 0 Å². The van der Waals surface area contributed by atoms with Gasteiger partial charge in [0.1, 0.15) is 0 Å². The van der Waals surface area contributed by atoms with Crippen molar-refractivity contribution >= 4 is 45.0 Å². The first-order valence-corrected chi connectivity index (χ1v) is 8.29. The van der Waals surface area contributed by atoms with Gasteiger partial charge in [-0.15, -0.1) is 11.8 Å². The monoisotopic (exact) mass is 364 g/mol. The summed E-state index contributed by atoms with van der Waals surface area (Å²) in [5.41, 5.74) is 9.70. The third kappa shape index (κ3) is 4.25. The molecule has 0 unspecified atom stereocenters. The summed E-state index contributed by atoms with van der Waals surface area (Å²) in [5, 5.41) is 2.89. The van der Waals surface area contributed by atoms with Crippen molar-refractivity contribution in [2.24, 2.45) is 0 Å². The van der Waals surface area contributed by atoms with E-state index in [4.69, 9.17) is 5.73 Å². The van der Waals surface area contributed by atoms with Gasteiger partial charge in [0.15, 0.2) is 0 Å². The Hall–Kier alpha value is -1.46. The minimum absolute atomic E-state index is 0.0505. The highest BCUT2D eigenvalue weighted by molar-refractivity contribution is 9.10. The lowest BCUT2D eigenvalue weighted by Crippen LogP contribution is -2.14. The second-order valence-electron chi connectivity index (χ2n) is 4.81. The predicted octanol–water partition coefficient (Wildman–Crippen LogP) is 4.38. The SMILES string of the molecule is Cc1ccc(NC(=O)CSc2cccc(C)c2N)c(Br)c1. The fourth-order valence-electron chi connectivity index (χ4n) is 1.83. The molecule has 21 heavy (non-hydrogen) atoms. The molecule has 0 saturated heterocycles. The molecule has 2 rings (SSSR count). The van der Waals surface area contributed by atoms with Crippen LogP contribution in [0.25, 0.3) is 0 Å². The van der Waals surface area contributed by atoms with Crippen LogP contribution in [0, 0.1) is 13.8 Å². The average molecular weight is 365 g/mol. The molecule has 0 aliphatic heterocycles. The highest BCUT2D eigenvalue weighted by atomic mass is 79.9. The Balaban J connectivity index is 1.97. The van der Waals surface area contributed by atoms with E-state index in [9.17, 15) is 4.79 Å². The second kappa shape index (κ2) is 7.00. The van der Waals surface area contributed by atoms with E-state index in [0.29, 0.717) is 5.75 Å². The third-order valence-electron chi connectivity index (χ3n) is 3.04. The molecule has 0 fully saturated rings. The number of nitrogens with two attached hydrogens (primary N) is 1. The van der Waals surface area contributed by atoms with Crippen LogP contribution >= 0.6 is 27.7 Å². The topological polar surface area (TPSA) is 55.1 Å². The number of para-hydroxylation sites is 1. The summed E-state index contributed by atoms with van der Waals surface area (Å²) in [4.78, 5) is 13.0. The summed E-state index contributed by atoms with van der Waals surface area (Å²) in [5.74, 6) is 0.277. The fraction of sp³-hybridized carbons (Fsp3) is 0.188. The number of hydrogen-bond donors (Lipinski definition) is 2. The first-order chi connectivity index (χ1) is 9.97. The van der Waals surface area contributed by atoms with Gasteiger partial charge in [-0.2, -0.15) is 0 Å². The molecule has 3 N–H and O–H groups in total. The smallest absolute Gasteiger partial charge is 0.234 e. The van der Waals surface area contributed by atoms with Gasteiger partial charge in [0, 0.05) is 15.1 Å². The molecule has 0 bridgehead atoms. The van der Waals surface area contributed by atoms with Gasteiger partial charge in [-0.25, -0.2) is 0 Å². The van der Waals surface area contributed by atoms with Crippen LogP contribution in [0.4, 0.5) is 11.4 Å². The Morgan fingerprint density at radius 1 is 1.29 bits per heavy atom. The minimum Gasteiger partial charge on any atom is -0.398 e. The summed E-state index contributed by atoms with van der Waals surface area (Å²) < 4.78 is 0.885. The quantitative estimate of drug-likeness (QED) is 0.625. The number of thioether (sulfide) groups is 1. The molecule has 0 radical (unpaired) electrons. The zero-order valence-electron chi connectivity index (χ0n) is 11.9. The van der Waals surface area contributed by atoms with Crippen molar-refractivity contribution in [3.05, 3.63) is 52.0 Å². The van der Waals surface area contributed by atoms with Gasteiger partial charge in [0.2, 0.25) is 5.91 Å². The average Bonchev–Trinajstić information content (AvgIpc) is 2.43. The molecule has 0 saturated carbocycles. The maximum atomic E-state index is 12.0. The van der Waals surface area contributed by atoms with Crippen molar-refractivity contribution in [2.75, 3.05) is 16.8 Å². The van der Waals surface area contributed by atoms with E-state index >= 15 is 0 Å². The minimum atomic E-state index is -0.0505. The Labute approximate surface area is 137 Å². The Bertz CT molecular complexity index is 673. The van der Waals surface area contributed by atoms with Gasteiger partial charge < -0.3 is 11.1 Å². The van der Waals surface area contributed by atoms with Gasteiger partial charge in [0.05, 0.1) is 11.4 Å². The van der Waals surface area contributed by atoms with Crippen molar-refractivity contribution in [1.82, 2.24) is 0 Å². The summed E-state index contributed by atoms with van der Waals surface area (Å²) in [6.07, 6.45) is 0. The molecular formula is C16H17BrN2OS. The highest BCUT2D eigenvalue weighted by Crippen LogP contribution is 2.28. The van der Waals surface area contributed by atoms with Crippen LogP contribution in [0.3, 0.4) is 0 Å². The standard InChI is InChI=1S/C16H17BrN2OS/c1-10-6-7-13(12(17)8-10)19-15(20)9-21-14-5-3-4-11(2)16(14)18/h3-8H,9,18H2,1-2H3,(H,19,20). The number of carbonyl (C=O) groups excluding carboxylic acids is 1. The van der Waals surface area contributed by atoms with Crippen LogP contribution in [0.5, 0.6) is 0 Å². The first kappa shape index (κ1) is 15.9. The van der Waals surface area contributed by atoms with Crippen molar-refractivity contribution < 1.29 is 4.79 Å². The molecule has 0 heterocycles. The number of aryl methyl sites for hydroxylation is 2. The van der Waals surface area contributed by atoms with Gasteiger partial charge in [-0.05, 0) is 59.1 Å². The fourth-order valence-corrected chi connectivity index (χ4v) is 3.27. The molecule has 3 nitrogen and oxygen atoms in total. The molecule has 2 aromatic rings. The van der Waals surface area contributed by atoms with Crippen molar-refractivity contribution in [2.45, 2.75) is 18.7 Å². The lowest BCUT2D eigenvalue weighted by atomic mass is 10.2. The molecule has 5 heteroatoms. The Kier molecular flexibility index (Phi) is 5.31. The van der Waals surface area contributed by atoms with Gasteiger partial charge in [-0.3, -0.25) is 4.79 Å². The number of amides is 1. The molecule has 0 atom stereocenters. The summed E-state index contributed by atoms with van der Waals surface area (Å²) in [7, 11) is 0. The Morgan fingerprint density at radius 3 is 2.76 bits per heavy atom. The van der Waals surface area contributed by atoms with Crippen LogP contribution in [-0.4, -0.2) is 11.7 Å². The molecule has 1 amide bonds. The number of hydrogen-bond acceptors (Lipinski definition) is 3. The normalized spacial score (nSPS) is 10.4. The number of benzene rings is 2. The number of anilines is 2. The number of nitrogen functional groups attached to an aromatic ring is 1. The number of rotatable bonds is 4. The van der Waals surface area contributed by atoms with E-state index < -0.39 is 0 Å². The molecular weight excluding hydrogens is 348 g/mol. The van der Waals surface area contributed by atoms with E-state index in [2.05, 4.69) is 21.2 Å². The van der Waals surface area contributed by atoms with Crippen LogP contribution in [-0.2, 0) is 4.79 Å². The lowest BCUT2D eigenvalue weighted by molar-refractivity contribution is -0.113. The molecule has 2 aromatic carbocycles. The maximum Gasteiger partial charge on any atom is 0.234 e. The van der Waals surface area contributed by atoms with E-state index in [-0.39, 0.29) is 5.91 Å². The molecule has 0 aliphatic rings. The largest absolute Gasteiger partial charge is 0.398 e. The van der Waals surface area contributed by atoms with Crippen molar-refractivity contribution in [3.63, 3.8) is 0 Å². The van der Waals surface area contributed by atoms with E-state index in [0.717, 1.165) is 31.9 Å². The van der Waals surface area contributed by atoms with Crippen LogP contribution in [0.15, 0.2) is 45.8 Å². The van der Waals surface area contributed by atoms with Crippen LogP contribution < -0.4 is 11.1 Å². The van der Waals surface area contributed by atoms with Gasteiger partial charge in [-0.1, -0.05) is 18.2 Å². The number of carbonyl (C=O) groups is 1. The Morgan fingerprint density at radius 2 is 2.05 bits per heavy atom. The zero-order valence-corrected chi connectivity index (χ0v) is 14.3.